The van der Waals surface area contributed by atoms with Crippen molar-refractivity contribution in [2.45, 2.75) is 33.6 Å². The molecular weight excluding hydrogens is 502 g/mol. The van der Waals surface area contributed by atoms with Crippen LogP contribution >= 0.6 is 12.2 Å². The first kappa shape index (κ1) is 25.3. The van der Waals surface area contributed by atoms with Gasteiger partial charge in [0, 0.05) is 36.0 Å². The largest absolute Gasteiger partial charge is 0.436 e. The quantitative estimate of drug-likeness (QED) is 0.182. The van der Waals surface area contributed by atoms with E-state index in [-0.39, 0.29) is 16.4 Å². The number of rotatable bonds is 5. The van der Waals surface area contributed by atoms with E-state index in [1.54, 1.807) is 12.1 Å². The fraction of sp³-hybridized carbons (Fsp3) is 0.250. The zero-order chi connectivity index (χ0) is 27.0. The van der Waals surface area contributed by atoms with Gasteiger partial charge in [-0.1, -0.05) is 12.1 Å². The Bertz CT molecular complexity index is 1590. The fourth-order valence-electron chi connectivity index (χ4n) is 4.76. The van der Waals surface area contributed by atoms with Crippen molar-refractivity contribution < 1.29 is 14.1 Å². The van der Waals surface area contributed by atoms with E-state index in [0.29, 0.717) is 17.3 Å². The van der Waals surface area contributed by atoms with Gasteiger partial charge in [-0.3, -0.25) is 20.2 Å². The molecule has 5 rings (SSSR count). The minimum Gasteiger partial charge on any atom is -0.436 e. The van der Waals surface area contributed by atoms with Crippen molar-refractivity contribution >= 4 is 51.4 Å². The van der Waals surface area contributed by atoms with Crippen molar-refractivity contribution in [2.24, 2.45) is 0 Å². The summed E-state index contributed by atoms with van der Waals surface area (Å²) in [6.07, 6.45) is 1.98. The van der Waals surface area contributed by atoms with Crippen molar-refractivity contribution in [2.75, 3.05) is 23.3 Å². The maximum Gasteiger partial charge on any atom is 0.293 e. The Morgan fingerprint density at radius 2 is 1.82 bits per heavy atom. The number of aryl methyl sites for hydroxylation is 3. The lowest BCUT2D eigenvalue weighted by atomic mass is 10.1. The summed E-state index contributed by atoms with van der Waals surface area (Å²) < 4.78 is 6.04. The minimum atomic E-state index is -0.530. The van der Waals surface area contributed by atoms with Crippen LogP contribution in [0.25, 0.3) is 22.6 Å². The first-order chi connectivity index (χ1) is 18.2. The number of carbonyl (C=O) groups excluding carboxylic acids is 1. The number of benzene rings is 3. The first-order valence-electron chi connectivity index (χ1n) is 12.3. The van der Waals surface area contributed by atoms with Crippen LogP contribution in [0.4, 0.5) is 17.1 Å². The summed E-state index contributed by atoms with van der Waals surface area (Å²) in [6, 6.07) is 14.2. The molecule has 1 amide bonds. The lowest BCUT2D eigenvalue weighted by Crippen LogP contribution is -2.34. The average Bonchev–Trinajstić information content (AvgIpc) is 3.55. The standard InChI is InChI=1S/C28H27N5O4S/c1-16-12-18(3)25-22(13-16)29-27(37-25)20-7-6-17(2)21(14-20)30-28(38)31-26(34)19-8-9-23(24(15-19)33(35)36)32-10-4-5-11-32/h6-9,12-15H,4-5,10-11H2,1-3H3,(H2,30,31,34,38). The van der Waals surface area contributed by atoms with Crippen LogP contribution in [-0.2, 0) is 0 Å². The monoisotopic (exact) mass is 529 g/mol. The lowest BCUT2D eigenvalue weighted by Gasteiger charge is -2.18. The maximum atomic E-state index is 12.9. The molecule has 1 fully saturated rings. The molecule has 2 N–H and O–H groups in total. The topological polar surface area (TPSA) is 114 Å². The predicted molar refractivity (Wildman–Crippen MR) is 152 cm³/mol. The first-order valence-corrected chi connectivity index (χ1v) is 12.7. The van der Waals surface area contributed by atoms with Gasteiger partial charge in [0.15, 0.2) is 10.7 Å². The Morgan fingerprint density at radius 3 is 2.55 bits per heavy atom. The van der Waals surface area contributed by atoms with E-state index in [2.05, 4.69) is 21.7 Å². The van der Waals surface area contributed by atoms with E-state index in [9.17, 15) is 14.9 Å². The van der Waals surface area contributed by atoms with Crippen LogP contribution in [0.5, 0.6) is 0 Å². The molecule has 10 heteroatoms. The molecule has 1 aliphatic rings. The van der Waals surface area contributed by atoms with Gasteiger partial charge in [-0.15, -0.1) is 0 Å². The molecule has 3 aromatic carbocycles. The van der Waals surface area contributed by atoms with E-state index in [1.165, 1.54) is 6.07 Å². The van der Waals surface area contributed by atoms with Crippen LogP contribution in [0.15, 0.2) is 52.9 Å². The van der Waals surface area contributed by atoms with Gasteiger partial charge in [-0.25, -0.2) is 4.98 Å². The number of nitrogens with zero attached hydrogens (tertiary/aromatic N) is 3. The van der Waals surface area contributed by atoms with Crippen molar-refractivity contribution in [1.29, 1.82) is 0 Å². The Kier molecular flexibility index (Phi) is 6.81. The van der Waals surface area contributed by atoms with Crippen molar-refractivity contribution in [1.82, 2.24) is 10.3 Å². The summed E-state index contributed by atoms with van der Waals surface area (Å²) >= 11 is 5.39. The van der Waals surface area contributed by atoms with Crippen LogP contribution in [0.3, 0.4) is 0 Å². The third kappa shape index (κ3) is 5.08. The zero-order valence-electron chi connectivity index (χ0n) is 21.3. The number of hydrogen-bond acceptors (Lipinski definition) is 7. The average molecular weight is 530 g/mol. The van der Waals surface area contributed by atoms with Gasteiger partial charge in [0.25, 0.3) is 11.6 Å². The summed E-state index contributed by atoms with van der Waals surface area (Å²) in [5, 5.41) is 17.5. The molecule has 9 nitrogen and oxygen atoms in total. The number of carbonyl (C=O) groups is 1. The summed E-state index contributed by atoms with van der Waals surface area (Å²) in [4.78, 5) is 30.7. The number of anilines is 2. The summed E-state index contributed by atoms with van der Waals surface area (Å²) in [5.74, 6) is -0.0470. The second-order valence-corrected chi connectivity index (χ2v) is 9.95. The SMILES string of the molecule is Cc1cc(C)c2oc(-c3ccc(C)c(NC(=S)NC(=O)c4ccc(N5CCCC5)c([N+](=O)[O-])c4)c3)nc2c1. The highest BCUT2D eigenvalue weighted by Crippen LogP contribution is 2.32. The number of thiocarbonyl (C=S) groups is 1. The maximum absolute atomic E-state index is 12.9. The molecule has 0 saturated carbocycles. The number of amides is 1. The highest BCUT2D eigenvalue weighted by Gasteiger charge is 2.24. The number of aromatic nitrogens is 1. The Balaban J connectivity index is 1.33. The predicted octanol–water partition coefficient (Wildman–Crippen LogP) is 6.06. The molecular formula is C28H27N5O4S. The second kappa shape index (κ2) is 10.2. The van der Waals surface area contributed by atoms with Crippen LogP contribution < -0.4 is 15.5 Å². The van der Waals surface area contributed by atoms with Gasteiger partial charge < -0.3 is 14.6 Å². The van der Waals surface area contributed by atoms with Gasteiger partial charge in [0.1, 0.15) is 11.2 Å². The van der Waals surface area contributed by atoms with Gasteiger partial charge in [-0.2, -0.15) is 0 Å². The molecule has 1 aromatic heterocycles. The van der Waals surface area contributed by atoms with Gasteiger partial charge in [0.2, 0.25) is 5.89 Å². The molecule has 4 aromatic rings. The summed E-state index contributed by atoms with van der Waals surface area (Å²) in [7, 11) is 0. The Morgan fingerprint density at radius 1 is 1.05 bits per heavy atom. The number of nitro benzene ring substituents is 1. The number of fused-ring (bicyclic) bond motifs is 1. The molecule has 2 heterocycles. The molecule has 194 valence electrons. The molecule has 1 aliphatic heterocycles. The molecule has 0 spiro atoms. The van der Waals surface area contributed by atoms with E-state index >= 15 is 0 Å². The molecule has 1 saturated heterocycles. The van der Waals surface area contributed by atoms with Gasteiger partial charge in [-0.05, 0) is 92.9 Å². The van der Waals surface area contributed by atoms with Crippen molar-refractivity contribution in [3.63, 3.8) is 0 Å². The third-order valence-corrected chi connectivity index (χ3v) is 6.87. The van der Waals surface area contributed by atoms with Crippen LogP contribution in [0.2, 0.25) is 0 Å². The molecule has 0 aliphatic carbocycles. The van der Waals surface area contributed by atoms with E-state index < -0.39 is 10.8 Å². The molecule has 0 radical (unpaired) electrons. The molecule has 38 heavy (non-hydrogen) atoms. The lowest BCUT2D eigenvalue weighted by molar-refractivity contribution is -0.384. The number of nitrogens with one attached hydrogen (secondary N) is 2. The zero-order valence-corrected chi connectivity index (χ0v) is 22.1. The van der Waals surface area contributed by atoms with Crippen molar-refractivity contribution in [3.05, 3.63) is 80.9 Å². The van der Waals surface area contributed by atoms with Gasteiger partial charge in [0.05, 0.1) is 4.92 Å². The van der Waals surface area contributed by atoms with Crippen molar-refractivity contribution in [3.8, 4) is 11.5 Å². The second-order valence-electron chi connectivity index (χ2n) is 9.54. The Labute approximate surface area is 225 Å². The molecule has 0 atom stereocenters. The number of oxazole rings is 1. The smallest absolute Gasteiger partial charge is 0.293 e. The Hall–Kier alpha value is -4.31. The highest BCUT2D eigenvalue weighted by atomic mass is 32.1. The van der Waals surface area contributed by atoms with E-state index in [0.717, 1.165) is 59.3 Å². The summed E-state index contributed by atoms with van der Waals surface area (Å²) in [5.41, 5.74) is 6.60. The highest BCUT2D eigenvalue weighted by molar-refractivity contribution is 7.80. The minimum absolute atomic E-state index is 0.0746. The molecule has 0 unspecified atom stereocenters. The van der Waals surface area contributed by atoms with Gasteiger partial charge >= 0.3 is 0 Å². The van der Waals surface area contributed by atoms with Crippen LogP contribution in [0.1, 0.15) is 39.9 Å². The fourth-order valence-corrected chi connectivity index (χ4v) is 4.96. The van der Waals surface area contributed by atoms with E-state index in [4.69, 9.17) is 16.6 Å². The number of hydrogen-bond donors (Lipinski definition) is 2. The number of nitro groups is 1. The summed E-state index contributed by atoms with van der Waals surface area (Å²) in [6.45, 7) is 7.45. The third-order valence-electron chi connectivity index (χ3n) is 6.66. The van der Waals surface area contributed by atoms with E-state index in [1.807, 2.05) is 49.9 Å². The normalized spacial score (nSPS) is 13.1. The van der Waals surface area contributed by atoms with Crippen LogP contribution in [0, 0.1) is 30.9 Å². The molecule has 0 bridgehead atoms. The van der Waals surface area contributed by atoms with Crippen LogP contribution in [-0.4, -0.2) is 34.0 Å².